The van der Waals surface area contributed by atoms with E-state index in [1.807, 2.05) is 0 Å². The summed E-state index contributed by atoms with van der Waals surface area (Å²) in [4.78, 5) is 4.91. The van der Waals surface area contributed by atoms with Crippen LogP contribution >= 0.6 is 0 Å². The fourth-order valence-electron chi connectivity index (χ4n) is 9.61. The van der Waals surface area contributed by atoms with Crippen LogP contribution in [0.15, 0.2) is 224 Å². The largest absolute Gasteiger partial charge is 0.310 e. The molecule has 10 aromatic rings. The van der Waals surface area contributed by atoms with Gasteiger partial charge in [0, 0.05) is 44.5 Å². The van der Waals surface area contributed by atoms with Gasteiger partial charge in [-0.3, -0.25) is 0 Å². The summed E-state index contributed by atoms with van der Waals surface area (Å²) in [6.45, 7) is 4.70. The molecule has 3 nitrogen and oxygen atoms in total. The second-order valence-corrected chi connectivity index (χ2v) is 16.2. The maximum absolute atomic E-state index is 2.49. The molecule has 286 valence electrons. The molecule has 0 unspecified atom stereocenters. The number of fused-ring (bicyclic) bond motifs is 6. The summed E-state index contributed by atoms with van der Waals surface area (Å²) >= 11 is 0. The minimum absolute atomic E-state index is 0.105. The Hall–Kier alpha value is -7.62. The van der Waals surface area contributed by atoms with E-state index in [9.17, 15) is 0 Å². The number of rotatable bonds is 8. The lowest BCUT2D eigenvalue weighted by Crippen LogP contribution is -2.16. The SMILES string of the molecule is CC1(C)c2ccccc2-c2cc(N(c3cc(N(c4ccccc4)c4ccccc4)c4c5ccccc5n(-c5ccccc5)c4c3)c3ccccc3-c3ccccc3)ccc21. The van der Waals surface area contributed by atoms with Gasteiger partial charge in [-0.05, 0) is 101 Å². The molecule has 0 saturated carbocycles. The molecule has 11 rings (SSSR count). The molecule has 0 amide bonds. The van der Waals surface area contributed by atoms with Crippen LogP contribution in [0.2, 0.25) is 0 Å². The van der Waals surface area contributed by atoms with Gasteiger partial charge in [-0.25, -0.2) is 0 Å². The standard InChI is InChI=1S/C57H43N3/c1-57(2)50-32-18-15-30-47(50)49-37-44(35-36-51(49)57)59(52-33-19-16-29-46(52)40-21-7-3-8-22-40)45-38-54(58(41-23-9-4-10-24-41)42-25-11-5-12-26-42)56-48-31-17-20-34-53(48)60(55(56)39-45)43-27-13-6-14-28-43/h3-39H,1-2H3. The smallest absolute Gasteiger partial charge is 0.0583 e. The number of hydrogen-bond donors (Lipinski definition) is 0. The van der Waals surface area contributed by atoms with E-state index in [0.717, 1.165) is 56.4 Å². The summed E-state index contributed by atoms with van der Waals surface area (Å²) in [6.07, 6.45) is 0. The second-order valence-electron chi connectivity index (χ2n) is 16.2. The highest BCUT2D eigenvalue weighted by Crippen LogP contribution is 2.53. The molecule has 1 heterocycles. The van der Waals surface area contributed by atoms with Crippen molar-refractivity contribution in [3.05, 3.63) is 236 Å². The van der Waals surface area contributed by atoms with E-state index in [0.29, 0.717) is 0 Å². The summed E-state index contributed by atoms with van der Waals surface area (Å²) in [5, 5.41) is 2.38. The molecule has 60 heavy (non-hydrogen) atoms. The Morgan fingerprint density at radius 1 is 0.367 bits per heavy atom. The lowest BCUT2D eigenvalue weighted by molar-refractivity contribution is 0.660. The Balaban J connectivity index is 1.28. The second kappa shape index (κ2) is 14.3. The third-order valence-corrected chi connectivity index (χ3v) is 12.3. The van der Waals surface area contributed by atoms with Crippen molar-refractivity contribution in [2.24, 2.45) is 0 Å². The van der Waals surface area contributed by atoms with Crippen LogP contribution in [0.5, 0.6) is 0 Å². The van der Waals surface area contributed by atoms with Crippen molar-refractivity contribution in [3.8, 4) is 27.9 Å². The first kappa shape index (κ1) is 35.5. The minimum Gasteiger partial charge on any atom is -0.310 e. The number of para-hydroxylation sites is 5. The summed E-state index contributed by atoms with van der Waals surface area (Å²) in [5.74, 6) is 0. The van der Waals surface area contributed by atoms with Gasteiger partial charge in [-0.1, -0.05) is 166 Å². The monoisotopic (exact) mass is 769 g/mol. The van der Waals surface area contributed by atoms with Gasteiger partial charge in [0.2, 0.25) is 0 Å². The molecule has 1 aliphatic rings. The zero-order valence-corrected chi connectivity index (χ0v) is 33.7. The maximum atomic E-state index is 2.49. The number of nitrogens with zero attached hydrogens (tertiary/aromatic N) is 3. The first-order valence-electron chi connectivity index (χ1n) is 20.8. The average Bonchev–Trinajstić information content (AvgIpc) is 3.76. The van der Waals surface area contributed by atoms with Gasteiger partial charge in [-0.15, -0.1) is 0 Å². The van der Waals surface area contributed by atoms with Crippen molar-refractivity contribution < 1.29 is 0 Å². The van der Waals surface area contributed by atoms with Crippen LogP contribution in [-0.4, -0.2) is 4.57 Å². The summed E-state index contributed by atoms with van der Waals surface area (Å²) in [7, 11) is 0. The lowest BCUT2D eigenvalue weighted by atomic mass is 9.82. The van der Waals surface area contributed by atoms with Gasteiger partial charge in [0.05, 0.1) is 28.1 Å². The van der Waals surface area contributed by atoms with Crippen LogP contribution in [0.3, 0.4) is 0 Å². The maximum Gasteiger partial charge on any atom is 0.0583 e. The van der Waals surface area contributed by atoms with Crippen molar-refractivity contribution in [1.29, 1.82) is 0 Å². The van der Waals surface area contributed by atoms with Crippen molar-refractivity contribution in [2.75, 3.05) is 9.80 Å². The highest BCUT2D eigenvalue weighted by Gasteiger charge is 2.36. The molecule has 1 aromatic heterocycles. The van der Waals surface area contributed by atoms with E-state index >= 15 is 0 Å². The number of benzene rings is 9. The molecule has 0 fully saturated rings. The Kier molecular flexibility index (Phi) is 8.49. The number of hydrogen-bond acceptors (Lipinski definition) is 2. The molecule has 0 radical (unpaired) electrons. The molecule has 0 atom stereocenters. The van der Waals surface area contributed by atoms with Gasteiger partial charge < -0.3 is 14.4 Å². The molecule has 0 saturated heterocycles. The van der Waals surface area contributed by atoms with Gasteiger partial charge in [0.15, 0.2) is 0 Å². The first-order valence-corrected chi connectivity index (χ1v) is 20.8. The van der Waals surface area contributed by atoms with Gasteiger partial charge in [0.1, 0.15) is 0 Å². The molecule has 0 bridgehead atoms. The highest BCUT2D eigenvalue weighted by molar-refractivity contribution is 6.18. The van der Waals surface area contributed by atoms with Crippen LogP contribution in [0.1, 0.15) is 25.0 Å². The number of anilines is 6. The fraction of sp³-hybridized carbons (Fsp3) is 0.0526. The lowest BCUT2D eigenvalue weighted by Gasteiger charge is -2.32. The third-order valence-electron chi connectivity index (χ3n) is 12.3. The molecule has 3 heteroatoms. The zero-order chi connectivity index (χ0) is 40.2. The van der Waals surface area contributed by atoms with Crippen LogP contribution in [0, 0.1) is 0 Å². The molecule has 0 spiro atoms. The zero-order valence-electron chi connectivity index (χ0n) is 33.7. The predicted molar refractivity (Wildman–Crippen MR) is 253 cm³/mol. The van der Waals surface area contributed by atoms with E-state index in [-0.39, 0.29) is 5.41 Å². The Morgan fingerprint density at radius 3 is 1.63 bits per heavy atom. The van der Waals surface area contributed by atoms with Crippen LogP contribution < -0.4 is 9.80 Å². The Bertz CT molecular complexity index is 3130. The predicted octanol–water partition coefficient (Wildman–Crippen LogP) is 15.7. The van der Waals surface area contributed by atoms with E-state index in [2.05, 4.69) is 253 Å². The normalized spacial score (nSPS) is 12.6. The number of aromatic nitrogens is 1. The molecular formula is C57H43N3. The molecule has 9 aromatic carbocycles. The fourth-order valence-corrected chi connectivity index (χ4v) is 9.61. The Labute approximate surface area is 351 Å². The minimum atomic E-state index is -0.105. The molecule has 0 aliphatic heterocycles. The van der Waals surface area contributed by atoms with Crippen molar-refractivity contribution >= 4 is 55.9 Å². The van der Waals surface area contributed by atoms with E-state index in [1.54, 1.807) is 0 Å². The van der Waals surface area contributed by atoms with Crippen LogP contribution in [0.4, 0.5) is 34.1 Å². The van der Waals surface area contributed by atoms with Gasteiger partial charge >= 0.3 is 0 Å². The quantitative estimate of drug-likeness (QED) is 0.152. The third kappa shape index (κ3) is 5.73. The Morgan fingerprint density at radius 2 is 0.917 bits per heavy atom. The van der Waals surface area contributed by atoms with Crippen molar-refractivity contribution in [2.45, 2.75) is 19.3 Å². The summed E-state index contributed by atoms with van der Waals surface area (Å²) in [5.41, 5.74) is 17.5. The van der Waals surface area contributed by atoms with Crippen LogP contribution in [-0.2, 0) is 5.41 Å². The van der Waals surface area contributed by atoms with E-state index in [1.165, 1.54) is 38.6 Å². The average molecular weight is 770 g/mol. The van der Waals surface area contributed by atoms with Crippen molar-refractivity contribution in [3.63, 3.8) is 0 Å². The van der Waals surface area contributed by atoms with Gasteiger partial charge in [-0.2, -0.15) is 0 Å². The topological polar surface area (TPSA) is 11.4 Å². The summed E-state index contributed by atoms with van der Waals surface area (Å²) in [6, 6.07) is 81.7. The van der Waals surface area contributed by atoms with Gasteiger partial charge in [0.25, 0.3) is 0 Å². The highest BCUT2D eigenvalue weighted by atomic mass is 15.2. The van der Waals surface area contributed by atoms with Crippen molar-refractivity contribution in [1.82, 2.24) is 4.57 Å². The molecular weight excluding hydrogens is 727 g/mol. The van der Waals surface area contributed by atoms with E-state index in [4.69, 9.17) is 0 Å². The first-order chi connectivity index (χ1) is 29.6. The molecule has 0 N–H and O–H groups in total. The van der Waals surface area contributed by atoms with E-state index < -0.39 is 0 Å². The van der Waals surface area contributed by atoms with Crippen LogP contribution in [0.25, 0.3) is 49.7 Å². The molecule has 1 aliphatic carbocycles. The summed E-state index contributed by atoms with van der Waals surface area (Å²) < 4.78 is 2.44.